The van der Waals surface area contributed by atoms with E-state index in [1.165, 1.54) is 0 Å². The average molecular weight is 444 g/mol. The maximum absolute atomic E-state index is 13.3. The summed E-state index contributed by atoms with van der Waals surface area (Å²) in [5.41, 5.74) is 5.38. The molecule has 0 atom stereocenters. The first-order valence-corrected chi connectivity index (χ1v) is 11.7. The summed E-state index contributed by atoms with van der Waals surface area (Å²) in [5, 5.41) is 5.39. The highest BCUT2D eigenvalue weighted by atomic mass is 32.2. The van der Waals surface area contributed by atoms with Gasteiger partial charge in [-0.25, -0.2) is 9.93 Å². The van der Waals surface area contributed by atoms with Crippen LogP contribution in [0.15, 0.2) is 18.2 Å². The first kappa shape index (κ1) is 21.3. The van der Waals surface area contributed by atoms with Crippen LogP contribution < -0.4 is 9.44 Å². The molecule has 1 aromatic heterocycles. The number of aromatic amines is 1. The lowest BCUT2D eigenvalue weighted by atomic mass is 9.94. The van der Waals surface area contributed by atoms with E-state index in [-0.39, 0.29) is 18.2 Å². The molecule has 9 heteroatoms. The third-order valence-electron chi connectivity index (χ3n) is 5.83. The molecule has 0 radical (unpaired) electrons. The van der Waals surface area contributed by atoms with Crippen molar-refractivity contribution in [3.63, 3.8) is 0 Å². The number of nitrogens with zero attached hydrogens (tertiary/aromatic N) is 1. The Balaban J connectivity index is 1.97. The van der Waals surface area contributed by atoms with E-state index in [9.17, 15) is 18.0 Å². The Kier molecular flexibility index (Phi) is 5.06. The normalized spacial score (nSPS) is 18.0. The summed E-state index contributed by atoms with van der Waals surface area (Å²) >= 11 is 0. The third kappa shape index (κ3) is 3.28. The molecule has 2 heterocycles. The number of anilines is 1. The van der Waals surface area contributed by atoms with E-state index in [0.29, 0.717) is 50.8 Å². The second kappa shape index (κ2) is 7.35. The fourth-order valence-corrected chi connectivity index (χ4v) is 5.21. The zero-order chi connectivity index (χ0) is 22.7. The fourth-order valence-electron chi connectivity index (χ4n) is 4.45. The Morgan fingerprint density at radius 3 is 2.61 bits per heavy atom. The standard InChI is InChI=1S/C22H25N3O5S/c1-5-30-22(27)18-12(4)24-20-14(18)7-8-15(20)19-16-10-13(11(2)3)6-9-17(16)25(21(19)26)31(23,28)29/h6,9-11,24H,5,7-8H2,1-4H3,(H2,23,28,29)/b19-15-. The van der Waals surface area contributed by atoms with Crippen LogP contribution in [0.2, 0.25) is 0 Å². The van der Waals surface area contributed by atoms with Crippen LogP contribution in [-0.4, -0.2) is 31.9 Å². The number of carbonyl (C=O) groups excluding carboxylic acids is 2. The maximum atomic E-state index is 13.3. The first-order chi connectivity index (χ1) is 14.6. The van der Waals surface area contributed by atoms with Gasteiger partial charge in [-0.1, -0.05) is 19.9 Å². The molecule has 164 valence electrons. The molecule has 3 N–H and O–H groups in total. The van der Waals surface area contributed by atoms with Crippen molar-refractivity contribution in [2.24, 2.45) is 5.14 Å². The highest BCUT2D eigenvalue weighted by Crippen LogP contribution is 2.47. The van der Waals surface area contributed by atoms with Crippen LogP contribution in [0.5, 0.6) is 0 Å². The van der Waals surface area contributed by atoms with E-state index in [1.54, 1.807) is 26.0 Å². The van der Waals surface area contributed by atoms with Crippen molar-refractivity contribution >= 4 is 38.9 Å². The van der Waals surface area contributed by atoms with Gasteiger partial charge in [-0.05, 0) is 61.4 Å². The van der Waals surface area contributed by atoms with Gasteiger partial charge < -0.3 is 9.72 Å². The number of carbonyl (C=O) groups is 2. The number of allylic oxidation sites excluding steroid dienone is 1. The van der Waals surface area contributed by atoms with E-state index in [0.717, 1.165) is 11.1 Å². The minimum absolute atomic E-state index is 0.192. The number of H-pyrrole nitrogens is 1. The molecule has 2 aliphatic rings. The van der Waals surface area contributed by atoms with Gasteiger partial charge in [0, 0.05) is 17.0 Å². The monoisotopic (exact) mass is 443 g/mol. The summed E-state index contributed by atoms with van der Waals surface area (Å²) in [7, 11) is -4.30. The lowest BCUT2D eigenvalue weighted by Gasteiger charge is -2.14. The number of nitrogens with one attached hydrogen (secondary N) is 1. The predicted molar refractivity (Wildman–Crippen MR) is 118 cm³/mol. The van der Waals surface area contributed by atoms with Crippen LogP contribution in [0.3, 0.4) is 0 Å². The van der Waals surface area contributed by atoms with Crippen molar-refractivity contribution in [2.45, 2.75) is 46.5 Å². The first-order valence-electron chi connectivity index (χ1n) is 10.2. The van der Waals surface area contributed by atoms with Crippen molar-refractivity contribution in [3.8, 4) is 0 Å². The molecule has 1 aromatic carbocycles. The molecule has 0 spiro atoms. The minimum Gasteiger partial charge on any atom is -0.462 e. The van der Waals surface area contributed by atoms with Gasteiger partial charge in [0.2, 0.25) is 0 Å². The zero-order valence-corrected chi connectivity index (χ0v) is 18.7. The molecule has 0 fully saturated rings. The predicted octanol–water partition coefficient (Wildman–Crippen LogP) is 3.03. The number of esters is 1. The molecule has 1 amide bonds. The molecule has 4 rings (SSSR count). The number of aryl methyl sites for hydroxylation is 1. The van der Waals surface area contributed by atoms with Crippen LogP contribution in [0.25, 0.3) is 11.1 Å². The van der Waals surface area contributed by atoms with Gasteiger partial charge in [0.1, 0.15) is 0 Å². The van der Waals surface area contributed by atoms with E-state index < -0.39 is 22.1 Å². The van der Waals surface area contributed by atoms with Gasteiger partial charge in [-0.2, -0.15) is 12.7 Å². The van der Waals surface area contributed by atoms with E-state index >= 15 is 0 Å². The SMILES string of the molecule is CCOC(=O)c1c(C)[nH]c2c1CC/C2=C1/C(=O)N(S(N)(=O)=O)c2ccc(C(C)C)cc21. The summed E-state index contributed by atoms with van der Waals surface area (Å²) in [4.78, 5) is 29.0. The van der Waals surface area contributed by atoms with Crippen LogP contribution in [0.1, 0.15) is 71.5 Å². The van der Waals surface area contributed by atoms with Gasteiger partial charge in [-0.3, -0.25) is 4.79 Å². The number of ether oxygens (including phenoxy) is 1. The van der Waals surface area contributed by atoms with Crippen LogP contribution in [0.4, 0.5) is 5.69 Å². The highest BCUT2D eigenvalue weighted by Gasteiger charge is 2.42. The molecule has 0 bridgehead atoms. The molecule has 8 nitrogen and oxygen atoms in total. The number of aromatic nitrogens is 1. The summed E-state index contributed by atoms with van der Waals surface area (Å²) in [6.45, 7) is 7.84. The number of fused-ring (bicyclic) bond motifs is 2. The highest BCUT2D eigenvalue weighted by molar-refractivity contribution is 7.91. The zero-order valence-electron chi connectivity index (χ0n) is 17.9. The Morgan fingerprint density at radius 1 is 1.29 bits per heavy atom. The van der Waals surface area contributed by atoms with E-state index in [2.05, 4.69) is 4.98 Å². The van der Waals surface area contributed by atoms with Crippen molar-refractivity contribution < 1.29 is 22.7 Å². The molecule has 31 heavy (non-hydrogen) atoms. The summed E-state index contributed by atoms with van der Waals surface area (Å²) in [6.07, 6.45) is 1.05. The number of hydrogen-bond acceptors (Lipinski definition) is 5. The largest absolute Gasteiger partial charge is 0.462 e. The molecule has 1 aliphatic heterocycles. The second-order valence-corrected chi connectivity index (χ2v) is 9.49. The average Bonchev–Trinajstić information content (AvgIpc) is 3.29. The van der Waals surface area contributed by atoms with Crippen molar-refractivity contribution in [3.05, 3.63) is 51.8 Å². The van der Waals surface area contributed by atoms with Gasteiger partial charge in [0.25, 0.3) is 5.91 Å². The minimum atomic E-state index is -4.30. The van der Waals surface area contributed by atoms with E-state index in [1.807, 2.05) is 19.9 Å². The number of amides is 1. The molecular weight excluding hydrogens is 418 g/mol. The smallest absolute Gasteiger partial charge is 0.340 e. The molecular formula is C22H25N3O5S. The molecule has 0 saturated heterocycles. The van der Waals surface area contributed by atoms with Crippen LogP contribution in [0, 0.1) is 6.92 Å². The lowest BCUT2D eigenvalue weighted by molar-refractivity contribution is -0.111. The van der Waals surface area contributed by atoms with Gasteiger partial charge in [0.05, 0.1) is 23.4 Å². The number of benzene rings is 1. The maximum Gasteiger partial charge on any atom is 0.340 e. The number of hydrogen-bond donors (Lipinski definition) is 2. The van der Waals surface area contributed by atoms with E-state index in [4.69, 9.17) is 9.88 Å². The Labute approximate surface area is 181 Å². The molecule has 2 aromatic rings. The Hall–Kier alpha value is -2.91. The molecule has 1 aliphatic carbocycles. The quantitative estimate of drug-likeness (QED) is 0.555. The van der Waals surface area contributed by atoms with Gasteiger partial charge in [-0.15, -0.1) is 0 Å². The Bertz CT molecular complexity index is 1250. The fraction of sp³-hybridized carbons (Fsp3) is 0.364. The topological polar surface area (TPSA) is 123 Å². The van der Waals surface area contributed by atoms with Gasteiger partial charge in [0.15, 0.2) is 0 Å². The van der Waals surface area contributed by atoms with Crippen molar-refractivity contribution in [2.75, 3.05) is 10.9 Å². The van der Waals surface area contributed by atoms with Crippen molar-refractivity contribution in [1.82, 2.24) is 4.98 Å². The summed E-state index contributed by atoms with van der Waals surface area (Å²) in [6, 6.07) is 5.28. The second-order valence-electron chi connectivity index (χ2n) is 8.10. The molecule has 0 saturated carbocycles. The number of rotatable bonds is 4. The Morgan fingerprint density at radius 2 is 2.00 bits per heavy atom. The van der Waals surface area contributed by atoms with Crippen LogP contribution in [-0.2, 0) is 26.2 Å². The molecule has 0 unspecified atom stereocenters. The summed E-state index contributed by atoms with van der Waals surface area (Å²) in [5.74, 6) is -0.890. The lowest BCUT2D eigenvalue weighted by Crippen LogP contribution is -2.38. The van der Waals surface area contributed by atoms with Crippen molar-refractivity contribution in [1.29, 1.82) is 0 Å². The summed E-state index contributed by atoms with van der Waals surface area (Å²) < 4.78 is 30.3. The van der Waals surface area contributed by atoms with Crippen LogP contribution >= 0.6 is 0 Å². The number of nitrogens with two attached hydrogens (primary N) is 1. The third-order valence-corrected chi connectivity index (χ3v) is 6.70. The van der Waals surface area contributed by atoms with Gasteiger partial charge >= 0.3 is 16.2 Å².